The molecule has 228 valence electrons. The lowest BCUT2D eigenvalue weighted by Gasteiger charge is -2.31. The van der Waals surface area contributed by atoms with Crippen LogP contribution in [0.2, 0.25) is 0 Å². The van der Waals surface area contributed by atoms with Gasteiger partial charge in [0, 0.05) is 26.7 Å². The Morgan fingerprint density at radius 2 is 1.26 bits per heavy atom. The van der Waals surface area contributed by atoms with E-state index in [1.54, 1.807) is 0 Å². The molecule has 0 heterocycles. The Bertz CT molecular complexity index is 717. The highest BCUT2D eigenvalue weighted by Crippen LogP contribution is 2.14. The molecule has 11 heteroatoms. The van der Waals surface area contributed by atoms with Crippen molar-refractivity contribution in [3.63, 3.8) is 0 Å². The van der Waals surface area contributed by atoms with Crippen molar-refractivity contribution in [1.29, 1.82) is 0 Å². The largest absolute Gasteiger partial charge is 0.370 e. The fourth-order valence-electron chi connectivity index (χ4n) is 3.97. The summed E-state index contributed by atoms with van der Waals surface area (Å²) in [6.07, 6.45) is 5.06. The Hall–Kier alpha value is -2.40. The first kappa shape index (κ1) is 36.6. The maximum atomic E-state index is 13.6. The number of unbranched alkanes of at least 4 members (excludes halogenated alkanes) is 2. The zero-order valence-electron chi connectivity index (χ0n) is 25.4. The van der Waals surface area contributed by atoms with E-state index >= 15 is 0 Å². The van der Waals surface area contributed by atoms with Crippen LogP contribution in [0.15, 0.2) is 4.99 Å². The van der Waals surface area contributed by atoms with E-state index in [2.05, 4.69) is 34.8 Å². The maximum Gasteiger partial charge on any atom is 0.243 e. The third-order valence-corrected chi connectivity index (χ3v) is 5.93. The van der Waals surface area contributed by atoms with Gasteiger partial charge in [0.05, 0.1) is 6.04 Å². The van der Waals surface area contributed by atoms with Gasteiger partial charge >= 0.3 is 0 Å². The molecule has 3 amide bonds. The Balaban J connectivity index is 5.83. The molecule has 0 saturated heterocycles. The first-order chi connectivity index (χ1) is 18.4. The molecule has 7 N–H and O–H groups in total. The molecule has 0 aromatic carbocycles. The summed E-state index contributed by atoms with van der Waals surface area (Å²) >= 11 is 0. The minimum absolute atomic E-state index is 0.0142. The zero-order chi connectivity index (χ0) is 29.8. The molecule has 0 fully saturated rings. The summed E-state index contributed by atoms with van der Waals surface area (Å²) in [4.78, 5) is 42.5. The highest BCUT2D eigenvalue weighted by atomic mass is 16.7. The summed E-state index contributed by atoms with van der Waals surface area (Å²) in [5, 5.41) is 8.69. The number of hydrogen-bond donors (Lipinski definition) is 5. The highest BCUT2D eigenvalue weighted by molar-refractivity contribution is 5.91. The number of carbonyl (C=O) groups is 3. The minimum atomic E-state index is -0.784. The molecule has 0 saturated carbocycles. The van der Waals surface area contributed by atoms with Crippen LogP contribution in [0.1, 0.15) is 99.8 Å². The van der Waals surface area contributed by atoms with Gasteiger partial charge in [-0.3, -0.25) is 19.4 Å². The van der Waals surface area contributed by atoms with Crippen molar-refractivity contribution in [2.75, 3.05) is 19.8 Å². The molecule has 0 bridgehead atoms. The number of nitrogens with one attached hydrogen (secondary N) is 3. The van der Waals surface area contributed by atoms with Crippen molar-refractivity contribution in [2.24, 2.45) is 28.3 Å². The molecule has 0 aliphatic carbocycles. The first-order valence-electron chi connectivity index (χ1n) is 14.6. The van der Waals surface area contributed by atoms with Crippen LogP contribution in [0.25, 0.3) is 0 Å². The van der Waals surface area contributed by atoms with Gasteiger partial charge in [-0.05, 0) is 50.4 Å². The minimum Gasteiger partial charge on any atom is -0.370 e. The lowest BCUT2D eigenvalue weighted by Crippen LogP contribution is -2.57. The van der Waals surface area contributed by atoms with E-state index in [-0.39, 0.29) is 35.5 Å². The average molecular weight is 557 g/mol. The standard InChI is InChI=1S/C28H56N6O5/c1-8-10-15-38-27(39-16-11-9-2)22(13-12-14-31-28(29)30)33-26(37)24(18-20(5)6)34-25(36)23(17-19(3)4)32-21(7)35/h19-20,22-24,27H,8-18H2,1-7H3,(H,32,35)(H,33,37)(H,34,36)(H4,29,30,31)/t22-,23-,24-/m0/s1. The number of rotatable bonds is 22. The Labute approximate surface area is 236 Å². The average Bonchev–Trinajstić information content (AvgIpc) is 2.83. The molecular weight excluding hydrogens is 500 g/mol. The Kier molecular flexibility index (Phi) is 20.1. The van der Waals surface area contributed by atoms with E-state index < -0.39 is 24.4 Å². The van der Waals surface area contributed by atoms with Gasteiger partial charge in [0.1, 0.15) is 12.1 Å². The molecule has 0 radical (unpaired) electrons. The zero-order valence-corrected chi connectivity index (χ0v) is 25.4. The third-order valence-electron chi connectivity index (χ3n) is 5.93. The molecule has 0 spiro atoms. The molecule has 0 aromatic heterocycles. The van der Waals surface area contributed by atoms with E-state index in [1.165, 1.54) is 6.92 Å². The second-order valence-corrected chi connectivity index (χ2v) is 11.0. The van der Waals surface area contributed by atoms with Gasteiger partial charge in [-0.15, -0.1) is 0 Å². The van der Waals surface area contributed by atoms with Gasteiger partial charge in [0.25, 0.3) is 0 Å². The maximum absolute atomic E-state index is 13.6. The van der Waals surface area contributed by atoms with Crippen molar-refractivity contribution >= 4 is 23.7 Å². The number of guanidine groups is 1. The fourth-order valence-corrected chi connectivity index (χ4v) is 3.97. The van der Waals surface area contributed by atoms with Gasteiger partial charge in [0.15, 0.2) is 12.2 Å². The molecule has 0 rings (SSSR count). The second-order valence-electron chi connectivity index (χ2n) is 11.0. The van der Waals surface area contributed by atoms with Gasteiger partial charge in [-0.25, -0.2) is 0 Å². The van der Waals surface area contributed by atoms with Crippen LogP contribution in [-0.4, -0.2) is 67.9 Å². The van der Waals surface area contributed by atoms with Crippen molar-refractivity contribution in [2.45, 2.75) is 124 Å². The van der Waals surface area contributed by atoms with Gasteiger partial charge in [-0.1, -0.05) is 54.4 Å². The number of aliphatic imine (C=N–C) groups is 1. The van der Waals surface area contributed by atoms with E-state index in [4.69, 9.17) is 20.9 Å². The Morgan fingerprint density at radius 1 is 0.769 bits per heavy atom. The lowest BCUT2D eigenvalue weighted by molar-refractivity contribution is -0.166. The number of ether oxygens (including phenoxy) is 2. The number of nitrogens with zero attached hydrogens (tertiary/aromatic N) is 1. The molecule has 39 heavy (non-hydrogen) atoms. The van der Waals surface area contributed by atoms with Crippen molar-refractivity contribution in [3.8, 4) is 0 Å². The van der Waals surface area contributed by atoms with Gasteiger partial charge in [0.2, 0.25) is 17.7 Å². The molecule has 11 nitrogen and oxygen atoms in total. The molecule has 0 aromatic rings. The number of hydrogen-bond acceptors (Lipinski definition) is 6. The van der Waals surface area contributed by atoms with Crippen LogP contribution < -0.4 is 27.4 Å². The third kappa shape index (κ3) is 18.5. The summed E-state index contributed by atoms with van der Waals surface area (Å²) in [6, 6.07) is -1.97. The molecule has 0 unspecified atom stereocenters. The number of amides is 3. The van der Waals surface area contributed by atoms with Crippen LogP contribution in [0.5, 0.6) is 0 Å². The van der Waals surface area contributed by atoms with Crippen LogP contribution in [0.3, 0.4) is 0 Å². The van der Waals surface area contributed by atoms with Crippen LogP contribution in [0.4, 0.5) is 0 Å². The van der Waals surface area contributed by atoms with Gasteiger partial charge < -0.3 is 36.9 Å². The lowest BCUT2D eigenvalue weighted by atomic mass is 9.99. The summed E-state index contributed by atoms with van der Waals surface area (Å²) in [7, 11) is 0. The van der Waals surface area contributed by atoms with Crippen LogP contribution in [0, 0.1) is 11.8 Å². The first-order valence-corrected chi connectivity index (χ1v) is 14.6. The number of carbonyl (C=O) groups excluding carboxylic acids is 3. The monoisotopic (exact) mass is 556 g/mol. The quantitative estimate of drug-likeness (QED) is 0.0590. The molecule has 3 atom stereocenters. The molecule has 0 aliphatic heterocycles. The van der Waals surface area contributed by atoms with E-state index in [1.807, 2.05) is 27.7 Å². The topological polar surface area (TPSA) is 170 Å². The second kappa shape index (κ2) is 21.4. The Morgan fingerprint density at radius 3 is 1.69 bits per heavy atom. The van der Waals surface area contributed by atoms with E-state index in [0.29, 0.717) is 45.4 Å². The van der Waals surface area contributed by atoms with Gasteiger partial charge in [-0.2, -0.15) is 0 Å². The van der Waals surface area contributed by atoms with Crippen LogP contribution in [-0.2, 0) is 23.9 Å². The SMILES string of the molecule is CCCCOC(OCCCC)[C@H](CCCN=C(N)N)NC(=O)[C@H](CC(C)C)NC(=O)[C@H](CC(C)C)NC(C)=O. The van der Waals surface area contributed by atoms with Crippen LogP contribution >= 0.6 is 0 Å². The predicted molar refractivity (Wildman–Crippen MR) is 156 cm³/mol. The summed E-state index contributed by atoms with van der Waals surface area (Å²) in [5.41, 5.74) is 10.9. The van der Waals surface area contributed by atoms with E-state index in [9.17, 15) is 14.4 Å². The van der Waals surface area contributed by atoms with Crippen molar-refractivity contribution in [1.82, 2.24) is 16.0 Å². The van der Waals surface area contributed by atoms with E-state index in [0.717, 1.165) is 25.7 Å². The fraction of sp³-hybridized carbons (Fsp3) is 0.857. The molecule has 0 aliphatic rings. The smallest absolute Gasteiger partial charge is 0.243 e. The predicted octanol–water partition coefficient (Wildman–Crippen LogP) is 2.57. The normalized spacial score (nSPS) is 13.7. The van der Waals surface area contributed by atoms with Crippen molar-refractivity contribution < 1.29 is 23.9 Å². The summed E-state index contributed by atoms with van der Waals surface area (Å²) < 4.78 is 12.2. The molecular formula is C28H56N6O5. The summed E-state index contributed by atoms with van der Waals surface area (Å²) in [5.74, 6) is -0.653. The number of nitrogens with two attached hydrogens (primary N) is 2. The summed E-state index contributed by atoms with van der Waals surface area (Å²) in [6.45, 7) is 14.9. The highest BCUT2D eigenvalue weighted by Gasteiger charge is 2.31. The van der Waals surface area contributed by atoms with Crippen molar-refractivity contribution in [3.05, 3.63) is 0 Å².